The zero-order valence-electron chi connectivity index (χ0n) is 10.0. The van der Waals surface area contributed by atoms with Gasteiger partial charge in [0, 0.05) is 6.54 Å². The maximum Gasteiger partial charge on any atom is 0.329 e. The van der Waals surface area contributed by atoms with E-state index in [4.69, 9.17) is 0 Å². The lowest BCUT2D eigenvalue weighted by Crippen LogP contribution is -2.50. The molecule has 0 amide bonds. The first-order valence-electron chi connectivity index (χ1n) is 5.68. The number of carbonyl (C=O) groups is 1. The summed E-state index contributed by atoms with van der Waals surface area (Å²) in [5.74, 6) is -1.14. The molecule has 1 N–H and O–H groups in total. The molecule has 0 spiro atoms. The van der Waals surface area contributed by atoms with E-state index >= 15 is 0 Å². The van der Waals surface area contributed by atoms with Crippen molar-refractivity contribution in [3.05, 3.63) is 35.9 Å². The van der Waals surface area contributed by atoms with Crippen molar-refractivity contribution in [3.63, 3.8) is 0 Å². The van der Waals surface area contributed by atoms with Crippen LogP contribution in [0.25, 0.3) is 0 Å². The second kappa shape index (κ2) is 4.37. The number of hydrogen-bond donors (Lipinski definition) is 1. The molecule has 6 heteroatoms. The summed E-state index contributed by atoms with van der Waals surface area (Å²) < 4.78 is 25.0. The number of carboxylic acids is 1. The lowest BCUT2D eigenvalue weighted by Gasteiger charge is -2.33. The van der Waals surface area contributed by atoms with Crippen molar-refractivity contribution in [2.45, 2.75) is 18.9 Å². The molecular weight excluding hydrogens is 254 g/mol. The molecule has 2 rings (SSSR count). The van der Waals surface area contributed by atoms with E-state index in [0.717, 1.165) is 4.31 Å². The van der Waals surface area contributed by atoms with E-state index in [1.54, 1.807) is 30.3 Å². The monoisotopic (exact) mass is 269 g/mol. The largest absolute Gasteiger partial charge is 0.480 e. The highest BCUT2D eigenvalue weighted by molar-refractivity contribution is 7.89. The van der Waals surface area contributed by atoms with Crippen LogP contribution in [0.2, 0.25) is 0 Å². The number of aliphatic carboxylic acids is 1. The van der Waals surface area contributed by atoms with Crippen molar-refractivity contribution in [3.8, 4) is 0 Å². The molecule has 1 unspecified atom stereocenters. The van der Waals surface area contributed by atoms with Crippen molar-refractivity contribution < 1.29 is 18.3 Å². The van der Waals surface area contributed by atoms with Crippen LogP contribution in [0.5, 0.6) is 0 Å². The lowest BCUT2D eigenvalue weighted by molar-refractivity contribution is -0.147. The second-order valence-corrected chi connectivity index (χ2v) is 6.50. The third-order valence-electron chi connectivity index (χ3n) is 3.35. The number of benzene rings is 1. The van der Waals surface area contributed by atoms with Gasteiger partial charge in [0.05, 0.1) is 5.75 Å². The van der Waals surface area contributed by atoms with Gasteiger partial charge < -0.3 is 5.11 Å². The van der Waals surface area contributed by atoms with Crippen LogP contribution in [-0.2, 0) is 20.4 Å². The highest BCUT2D eigenvalue weighted by Gasteiger charge is 2.49. The SMILES string of the molecule is CC(C(=O)O)(c1ccccc1)N1CCCS1(=O)=O. The minimum absolute atomic E-state index is 0.0166. The fourth-order valence-electron chi connectivity index (χ4n) is 2.28. The normalized spacial score (nSPS) is 22.5. The fraction of sp³-hybridized carbons (Fsp3) is 0.417. The first kappa shape index (κ1) is 13.0. The first-order valence-corrected chi connectivity index (χ1v) is 7.29. The Morgan fingerprint density at radius 3 is 2.39 bits per heavy atom. The van der Waals surface area contributed by atoms with Gasteiger partial charge in [0.25, 0.3) is 0 Å². The molecule has 0 radical (unpaired) electrons. The maximum absolute atomic E-state index is 11.9. The number of rotatable bonds is 3. The van der Waals surface area contributed by atoms with E-state index < -0.39 is 21.5 Å². The Hall–Kier alpha value is -1.40. The van der Waals surface area contributed by atoms with Gasteiger partial charge in [-0.15, -0.1) is 0 Å². The highest BCUT2D eigenvalue weighted by atomic mass is 32.2. The Kier molecular flexibility index (Phi) is 3.16. The van der Waals surface area contributed by atoms with Crippen LogP contribution < -0.4 is 0 Å². The summed E-state index contributed by atoms with van der Waals surface area (Å²) in [5.41, 5.74) is -1.06. The van der Waals surface area contributed by atoms with Crippen molar-refractivity contribution in [2.24, 2.45) is 0 Å². The molecule has 1 saturated heterocycles. The number of nitrogens with zero attached hydrogens (tertiary/aromatic N) is 1. The third-order valence-corrected chi connectivity index (χ3v) is 5.37. The molecule has 1 heterocycles. The minimum atomic E-state index is -3.49. The zero-order chi connectivity index (χ0) is 13.4. The molecule has 5 nitrogen and oxygen atoms in total. The van der Waals surface area contributed by atoms with E-state index in [9.17, 15) is 18.3 Å². The topological polar surface area (TPSA) is 74.7 Å². The van der Waals surface area contributed by atoms with Crippen molar-refractivity contribution in [1.82, 2.24) is 4.31 Å². The van der Waals surface area contributed by atoms with E-state index in [-0.39, 0.29) is 12.3 Å². The van der Waals surface area contributed by atoms with Gasteiger partial charge in [-0.3, -0.25) is 0 Å². The first-order chi connectivity index (χ1) is 8.39. The molecule has 1 atom stereocenters. The van der Waals surface area contributed by atoms with E-state index in [1.807, 2.05) is 0 Å². The summed E-state index contributed by atoms with van der Waals surface area (Å²) in [4.78, 5) is 11.6. The van der Waals surface area contributed by atoms with Crippen LogP contribution in [0, 0.1) is 0 Å². The predicted molar refractivity (Wildman–Crippen MR) is 66.5 cm³/mol. The number of hydrogen-bond acceptors (Lipinski definition) is 3. The van der Waals surface area contributed by atoms with Gasteiger partial charge in [0.2, 0.25) is 10.0 Å². The highest BCUT2D eigenvalue weighted by Crippen LogP contribution is 2.34. The average Bonchev–Trinajstić information content (AvgIpc) is 2.69. The molecule has 1 fully saturated rings. The Balaban J connectivity index is 2.56. The summed E-state index contributed by atoms with van der Waals surface area (Å²) in [6.07, 6.45) is 0.470. The fourth-order valence-corrected chi connectivity index (χ4v) is 4.14. The molecule has 0 bridgehead atoms. The second-order valence-electron chi connectivity index (χ2n) is 4.49. The molecule has 0 saturated carbocycles. The Bertz CT molecular complexity index is 555. The molecule has 0 aromatic heterocycles. The van der Waals surface area contributed by atoms with E-state index in [2.05, 4.69) is 0 Å². The molecule has 0 aliphatic carbocycles. The maximum atomic E-state index is 11.9. The van der Waals surface area contributed by atoms with Gasteiger partial charge in [-0.2, -0.15) is 4.31 Å². The Morgan fingerprint density at radius 2 is 1.94 bits per heavy atom. The van der Waals surface area contributed by atoms with Crippen molar-refractivity contribution in [2.75, 3.05) is 12.3 Å². The quantitative estimate of drug-likeness (QED) is 0.889. The van der Waals surface area contributed by atoms with Gasteiger partial charge in [0.15, 0.2) is 5.54 Å². The van der Waals surface area contributed by atoms with Crippen LogP contribution in [0.15, 0.2) is 30.3 Å². The molecule has 1 aromatic rings. The molecule has 1 aliphatic heterocycles. The minimum Gasteiger partial charge on any atom is -0.480 e. The van der Waals surface area contributed by atoms with E-state index in [1.165, 1.54) is 6.92 Å². The molecule has 1 aromatic carbocycles. The third kappa shape index (κ3) is 1.91. The van der Waals surface area contributed by atoms with Crippen molar-refractivity contribution in [1.29, 1.82) is 0 Å². The van der Waals surface area contributed by atoms with Gasteiger partial charge in [-0.1, -0.05) is 30.3 Å². The van der Waals surface area contributed by atoms with Crippen LogP contribution in [-0.4, -0.2) is 36.1 Å². The summed E-state index contributed by atoms with van der Waals surface area (Å²) in [6.45, 7) is 1.69. The van der Waals surface area contributed by atoms with Gasteiger partial charge in [-0.05, 0) is 18.9 Å². The standard InChI is InChI=1S/C12H15NO4S/c1-12(11(14)15,10-6-3-2-4-7-10)13-8-5-9-18(13,16)17/h2-4,6-7H,5,8-9H2,1H3,(H,14,15). The van der Waals surface area contributed by atoms with Gasteiger partial charge in [0.1, 0.15) is 0 Å². The van der Waals surface area contributed by atoms with Gasteiger partial charge >= 0.3 is 5.97 Å². The number of sulfonamides is 1. The average molecular weight is 269 g/mol. The van der Waals surface area contributed by atoms with Crippen molar-refractivity contribution >= 4 is 16.0 Å². The summed E-state index contributed by atoms with van der Waals surface area (Å²) in [6, 6.07) is 8.46. The van der Waals surface area contributed by atoms with Crippen LogP contribution >= 0.6 is 0 Å². The zero-order valence-corrected chi connectivity index (χ0v) is 10.9. The predicted octanol–water partition coefficient (Wildman–Crippen LogP) is 1.02. The van der Waals surface area contributed by atoms with Crippen LogP contribution in [0.4, 0.5) is 0 Å². The lowest BCUT2D eigenvalue weighted by atomic mass is 9.92. The van der Waals surface area contributed by atoms with Gasteiger partial charge in [-0.25, -0.2) is 13.2 Å². The molecular formula is C12H15NO4S. The van der Waals surface area contributed by atoms with E-state index in [0.29, 0.717) is 12.0 Å². The summed E-state index contributed by atoms with van der Waals surface area (Å²) >= 11 is 0. The Labute approximate surface area is 106 Å². The smallest absolute Gasteiger partial charge is 0.329 e. The molecule has 1 aliphatic rings. The summed E-state index contributed by atoms with van der Waals surface area (Å²) in [5, 5.41) is 9.47. The Morgan fingerprint density at radius 1 is 1.33 bits per heavy atom. The number of carboxylic acid groups (broad SMARTS) is 1. The van der Waals surface area contributed by atoms with Crippen LogP contribution in [0.3, 0.4) is 0 Å². The molecule has 18 heavy (non-hydrogen) atoms. The van der Waals surface area contributed by atoms with Crippen LogP contribution in [0.1, 0.15) is 18.9 Å². The molecule has 98 valence electrons. The summed E-state index contributed by atoms with van der Waals surface area (Å²) in [7, 11) is -3.49.